The third kappa shape index (κ3) is 2.99. The summed E-state index contributed by atoms with van der Waals surface area (Å²) in [5, 5.41) is 8.95. The first-order valence-electron chi connectivity index (χ1n) is 3.01. The summed E-state index contributed by atoms with van der Waals surface area (Å²) in [6, 6.07) is 0. The summed E-state index contributed by atoms with van der Waals surface area (Å²) < 4.78 is 4.48. The van der Waals surface area contributed by atoms with E-state index in [9.17, 15) is 0 Å². The zero-order valence-corrected chi connectivity index (χ0v) is 5.79. The number of hydrogen-bond acceptors (Lipinski definition) is 2. The largest absolute Gasteiger partial charge is 0.415 e. The van der Waals surface area contributed by atoms with Crippen molar-refractivity contribution in [2.75, 3.05) is 0 Å². The van der Waals surface area contributed by atoms with E-state index in [1.807, 2.05) is 20.0 Å². The van der Waals surface area contributed by atoms with Gasteiger partial charge in [-0.15, -0.1) is 0 Å². The first-order valence-corrected chi connectivity index (χ1v) is 3.01. The summed E-state index contributed by atoms with van der Waals surface area (Å²) in [4.78, 5) is 0. The smallest absolute Gasteiger partial charge is 0.210 e. The minimum absolute atomic E-state index is 0.112. The molecule has 0 spiro atoms. The molecule has 2 atom stereocenters. The van der Waals surface area contributed by atoms with Crippen LogP contribution in [-0.4, -0.2) is 11.4 Å². The average Bonchev–Trinajstić information content (AvgIpc) is 1.87. The molecule has 0 amide bonds. The minimum Gasteiger partial charge on any atom is -0.415 e. The lowest BCUT2D eigenvalue weighted by atomic mass is 10.1. The van der Waals surface area contributed by atoms with Crippen molar-refractivity contribution in [1.29, 1.82) is 0 Å². The number of aliphatic hydroxyl groups excluding tert-OH is 1. The second-order valence-electron chi connectivity index (χ2n) is 2.01. The Morgan fingerprint density at radius 2 is 2.33 bits per heavy atom. The topological polar surface area (TPSA) is 29.5 Å². The Morgan fingerprint density at radius 1 is 1.78 bits per heavy atom. The summed E-state index contributed by atoms with van der Waals surface area (Å²) in [7, 11) is 0. The molecule has 52 valence electrons. The van der Waals surface area contributed by atoms with Crippen LogP contribution in [0.5, 0.6) is 0 Å². The van der Waals surface area contributed by atoms with Crippen molar-refractivity contribution < 1.29 is 9.84 Å². The lowest BCUT2D eigenvalue weighted by molar-refractivity contribution is -0.0779. The lowest BCUT2D eigenvalue weighted by Crippen LogP contribution is -2.18. The molecule has 0 rings (SSSR count). The molecule has 0 aliphatic carbocycles. The molecule has 0 aliphatic heterocycles. The molecule has 0 saturated carbocycles. The Bertz CT molecular complexity index is 104. The van der Waals surface area contributed by atoms with Gasteiger partial charge in [0, 0.05) is 5.92 Å². The third-order valence-electron chi connectivity index (χ3n) is 1.32. The zero-order valence-electron chi connectivity index (χ0n) is 5.79. The van der Waals surface area contributed by atoms with Crippen molar-refractivity contribution in [1.82, 2.24) is 0 Å². The molecule has 9 heavy (non-hydrogen) atoms. The van der Waals surface area contributed by atoms with Crippen LogP contribution in [-0.2, 0) is 4.74 Å². The van der Waals surface area contributed by atoms with Gasteiger partial charge in [-0.3, -0.25) is 0 Å². The minimum atomic E-state index is -0.806. The zero-order chi connectivity index (χ0) is 7.28. The summed E-state index contributed by atoms with van der Waals surface area (Å²) in [5.41, 5.74) is 0. The number of aliphatic hydroxyl groups is 1. The number of ether oxygens (including phenoxy) is 1. The molecule has 0 bridgehead atoms. The van der Waals surface area contributed by atoms with E-state index < -0.39 is 6.29 Å². The van der Waals surface area contributed by atoms with Crippen LogP contribution in [0.25, 0.3) is 0 Å². The van der Waals surface area contributed by atoms with Gasteiger partial charge in [0.05, 0.1) is 0 Å². The van der Waals surface area contributed by atoms with Crippen LogP contribution in [0.3, 0.4) is 0 Å². The van der Waals surface area contributed by atoms with Gasteiger partial charge < -0.3 is 9.84 Å². The quantitative estimate of drug-likeness (QED) is 0.453. The van der Waals surface area contributed by atoms with Crippen molar-refractivity contribution in [3.8, 4) is 12.5 Å². The Labute approximate surface area is 55.8 Å². The first-order chi connectivity index (χ1) is 4.22. The SMILES string of the molecule is C#COC(O)C(C)CC. The van der Waals surface area contributed by atoms with Crippen molar-refractivity contribution in [3.63, 3.8) is 0 Å². The van der Waals surface area contributed by atoms with Crippen molar-refractivity contribution >= 4 is 0 Å². The normalized spacial score (nSPS) is 15.8. The van der Waals surface area contributed by atoms with E-state index in [-0.39, 0.29) is 5.92 Å². The van der Waals surface area contributed by atoms with E-state index in [0.29, 0.717) is 0 Å². The van der Waals surface area contributed by atoms with Crippen molar-refractivity contribution in [3.05, 3.63) is 0 Å². The number of terminal acetylenes is 1. The molecular formula is C7H12O2. The Kier molecular flexibility index (Phi) is 3.90. The molecule has 0 aromatic heterocycles. The van der Waals surface area contributed by atoms with Crippen LogP contribution in [0.2, 0.25) is 0 Å². The predicted octanol–water partition coefficient (Wildman–Crippen LogP) is 0.958. The number of rotatable bonds is 3. The van der Waals surface area contributed by atoms with Gasteiger partial charge in [-0.1, -0.05) is 20.3 Å². The second-order valence-corrected chi connectivity index (χ2v) is 2.01. The van der Waals surface area contributed by atoms with Gasteiger partial charge in [0.1, 0.15) is 6.11 Å². The van der Waals surface area contributed by atoms with Gasteiger partial charge in [-0.25, -0.2) is 0 Å². The highest BCUT2D eigenvalue weighted by Gasteiger charge is 2.10. The molecule has 2 nitrogen and oxygen atoms in total. The van der Waals surface area contributed by atoms with E-state index in [2.05, 4.69) is 4.74 Å². The number of hydrogen-bond donors (Lipinski definition) is 1. The molecular weight excluding hydrogens is 116 g/mol. The van der Waals surface area contributed by atoms with Crippen LogP contribution in [0, 0.1) is 18.4 Å². The van der Waals surface area contributed by atoms with Crippen LogP contribution in [0.4, 0.5) is 0 Å². The molecule has 1 N–H and O–H groups in total. The molecule has 0 heterocycles. The van der Waals surface area contributed by atoms with E-state index in [4.69, 9.17) is 11.5 Å². The summed E-state index contributed by atoms with van der Waals surface area (Å²) in [6.45, 7) is 3.84. The molecule has 2 unspecified atom stereocenters. The lowest BCUT2D eigenvalue weighted by Gasteiger charge is -2.13. The molecule has 0 radical (unpaired) electrons. The molecule has 0 saturated heterocycles. The van der Waals surface area contributed by atoms with Gasteiger partial charge in [0.15, 0.2) is 0 Å². The summed E-state index contributed by atoms with van der Waals surface area (Å²) in [5.74, 6) is 0.112. The van der Waals surface area contributed by atoms with E-state index >= 15 is 0 Å². The molecule has 0 aliphatic rings. The maximum atomic E-state index is 8.95. The van der Waals surface area contributed by atoms with Gasteiger partial charge in [0.2, 0.25) is 6.29 Å². The Hall–Kier alpha value is -0.680. The van der Waals surface area contributed by atoms with Gasteiger partial charge in [0.25, 0.3) is 0 Å². The first kappa shape index (κ1) is 8.32. The van der Waals surface area contributed by atoms with E-state index in [1.54, 1.807) is 0 Å². The maximum absolute atomic E-state index is 8.95. The van der Waals surface area contributed by atoms with Crippen LogP contribution >= 0.6 is 0 Å². The van der Waals surface area contributed by atoms with Gasteiger partial charge >= 0.3 is 0 Å². The highest BCUT2D eigenvalue weighted by atomic mass is 16.6. The Morgan fingerprint density at radius 3 is 2.67 bits per heavy atom. The molecule has 0 fully saturated rings. The second kappa shape index (κ2) is 4.22. The van der Waals surface area contributed by atoms with Crippen LogP contribution in [0.15, 0.2) is 0 Å². The fourth-order valence-corrected chi connectivity index (χ4v) is 0.388. The average molecular weight is 128 g/mol. The fourth-order valence-electron chi connectivity index (χ4n) is 0.388. The van der Waals surface area contributed by atoms with E-state index in [1.165, 1.54) is 0 Å². The molecule has 0 aromatic rings. The maximum Gasteiger partial charge on any atom is 0.210 e. The molecule has 2 heteroatoms. The Balaban J connectivity index is 3.48. The van der Waals surface area contributed by atoms with Gasteiger partial charge in [-0.05, 0) is 6.42 Å². The van der Waals surface area contributed by atoms with Crippen molar-refractivity contribution in [2.45, 2.75) is 26.6 Å². The van der Waals surface area contributed by atoms with E-state index in [0.717, 1.165) is 6.42 Å². The third-order valence-corrected chi connectivity index (χ3v) is 1.32. The highest BCUT2D eigenvalue weighted by molar-refractivity contribution is 4.70. The molecule has 0 aromatic carbocycles. The van der Waals surface area contributed by atoms with Crippen molar-refractivity contribution in [2.24, 2.45) is 5.92 Å². The highest BCUT2D eigenvalue weighted by Crippen LogP contribution is 2.06. The van der Waals surface area contributed by atoms with Gasteiger partial charge in [-0.2, -0.15) is 0 Å². The van der Waals surface area contributed by atoms with Crippen LogP contribution in [0.1, 0.15) is 20.3 Å². The van der Waals surface area contributed by atoms with Crippen LogP contribution < -0.4 is 0 Å². The summed E-state index contributed by atoms with van der Waals surface area (Å²) in [6.07, 6.45) is 6.78. The monoisotopic (exact) mass is 128 g/mol. The standard InChI is InChI=1S/C7H12O2/c1-4-6(3)7(8)9-5-2/h2,6-8H,4H2,1,3H3. The predicted molar refractivity (Wildman–Crippen MR) is 35.4 cm³/mol. The summed E-state index contributed by atoms with van der Waals surface area (Å²) >= 11 is 0. The fraction of sp³-hybridized carbons (Fsp3) is 0.714.